The Kier molecular flexibility index (Phi) is 6.74. The monoisotopic (exact) mass is 445 g/mol. The maximum absolute atomic E-state index is 12.8. The van der Waals surface area contributed by atoms with Gasteiger partial charge in [-0.15, -0.1) is 0 Å². The Balaban J connectivity index is 1.29. The van der Waals surface area contributed by atoms with Crippen molar-refractivity contribution in [3.05, 3.63) is 48.5 Å². The molecule has 0 unspecified atom stereocenters. The van der Waals surface area contributed by atoms with Crippen LogP contribution in [0.1, 0.15) is 19.3 Å². The third kappa shape index (κ3) is 5.75. The van der Waals surface area contributed by atoms with Crippen LogP contribution in [0.5, 0.6) is 11.5 Å². The van der Waals surface area contributed by atoms with Gasteiger partial charge in [0.2, 0.25) is 15.9 Å². The van der Waals surface area contributed by atoms with Crippen LogP contribution in [0.2, 0.25) is 0 Å². The van der Waals surface area contributed by atoms with Crippen LogP contribution >= 0.6 is 0 Å². The van der Waals surface area contributed by atoms with Gasteiger partial charge in [-0.3, -0.25) is 9.69 Å². The molecule has 2 aliphatic rings. The van der Waals surface area contributed by atoms with Gasteiger partial charge < -0.3 is 14.8 Å². The molecule has 1 amide bonds. The van der Waals surface area contributed by atoms with Gasteiger partial charge in [-0.25, -0.2) is 13.1 Å². The summed E-state index contributed by atoms with van der Waals surface area (Å²) in [6.45, 7) is 2.64. The zero-order chi connectivity index (χ0) is 21.7. The van der Waals surface area contributed by atoms with E-state index >= 15 is 0 Å². The fourth-order valence-corrected chi connectivity index (χ4v) is 5.05. The van der Waals surface area contributed by atoms with Gasteiger partial charge in [0, 0.05) is 37.3 Å². The Morgan fingerprint density at radius 2 is 1.71 bits per heavy atom. The molecule has 166 valence electrons. The van der Waals surface area contributed by atoms with Crippen molar-refractivity contribution < 1.29 is 22.7 Å². The molecule has 4 rings (SSSR count). The molecule has 1 fully saturated rings. The Labute approximate surface area is 182 Å². The second kappa shape index (κ2) is 9.67. The molecule has 0 aliphatic carbocycles. The van der Waals surface area contributed by atoms with Crippen LogP contribution < -0.4 is 19.5 Å². The quantitative estimate of drug-likeness (QED) is 0.708. The number of anilines is 1. The molecule has 2 heterocycles. The molecule has 0 atom stereocenters. The minimum absolute atomic E-state index is 0.0718. The lowest BCUT2D eigenvalue weighted by atomic mass is 10.1. The molecule has 2 aliphatic heterocycles. The first-order valence-corrected chi connectivity index (χ1v) is 12.0. The number of piperidine rings is 1. The van der Waals surface area contributed by atoms with E-state index in [0.29, 0.717) is 50.6 Å². The number of sulfonamides is 1. The Hall–Kier alpha value is -2.62. The van der Waals surface area contributed by atoms with Gasteiger partial charge in [-0.1, -0.05) is 18.2 Å². The maximum atomic E-state index is 12.8. The highest BCUT2D eigenvalue weighted by molar-refractivity contribution is 7.89. The molecule has 2 aromatic rings. The van der Waals surface area contributed by atoms with Gasteiger partial charge in [-0.2, -0.15) is 0 Å². The number of hydrogen-bond donors (Lipinski definition) is 2. The van der Waals surface area contributed by atoms with Gasteiger partial charge in [0.05, 0.1) is 24.7 Å². The van der Waals surface area contributed by atoms with E-state index in [1.165, 1.54) is 6.07 Å². The summed E-state index contributed by atoms with van der Waals surface area (Å²) in [5.74, 6) is 0.954. The summed E-state index contributed by atoms with van der Waals surface area (Å²) in [6.07, 6.45) is 2.04. The van der Waals surface area contributed by atoms with Gasteiger partial charge >= 0.3 is 0 Å². The summed E-state index contributed by atoms with van der Waals surface area (Å²) < 4.78 is 39.7. The Morgan fingerprint density at radius 3 is 2.45 bits per heavy atom. The summed E-state index contributed by atoms with van der Waals surface area (Å²) in [5.41, 5.74) is 0.769. The van der Waals surface area contributed by atoms with E-state index in [-0.39, 0.29) is 23.4 Å². The fourth-order valence-electron chi connectivity index (χ4n) is 3.73. The third-order valence-corrected chi connectivity index (χ3v) is 6.88. The number of carbonyl (C=O) groups excluding carboxylic acids is 1. The number of carbonyl (C=O) groups is 1. The van der Waals surface area contributed by atoms with Crippen molar-refractivity contribution in [2.75, 3.05) is 38.2 Å². The van der Waals surface area contributed by atoms with Gasteiger partial charge in [0.15, 0.2) is 11.5 Å². The summed E-state index contributed by atoms with van der Waals surface area (Å²) in [5, 5.41) is 2.88. The predicted octanol–water partition coefficient (Wildman–Crippen LogP) is 2.23. The van der Waals surface area contributed by atoms with E-state index < -0.39 is 10.0 Å². The summed E-state index contributed by atoms with van der Waals surface area (Å²) >= 11 is 0. The molecule has 1 saturated heterocycles. The zero-order valence-electron chi connectivity index (χ0n) is 17.2. The second-order valence-electron chi connectivity index (χ2n) is 7.74. The average Bonchev–Trinajstić information content (AvgIpc) is 3.00. The number of ether oxygens (including phenoxy) is 2. The first kappa shape index (κ1) is 21.6. The number of rotatable bonds is 6. The molecule has 31 heavy (non-hydrogen) atoms. The highest BCUT2D eigenvalue weighted by Gasteiger charge is 2.26. The molecule has 2 N–H and O–H groups in total. The molecule has 0 saturated carbocycles. The number of fused-ring (bicyclic) bond motifs is 1. The number of amides is 1. The smallest absolute Gasteiger partial charge is 0.240 e. The normalized spacial score (nSPS) is 17.7. The van der Waals surface area contributed by atoms with Crippen molar-refractivity contribution >= 4 is 21.6 Å². The number of benzene rings is 2. The van der Waals surface area contributed by atoms with E-state index in [1.807, 2.05) is 35.2 Å². The summed E-state index contributed by atoms with van der Waals surface area (Å²) in [7, 11) is -3.67. The van der Waals surface area contributed by atoms with E-state index in [4.69, 9.17) is 9.47 Å². The lowest BCUT2D eigenvalue weighted by molar-refractivity contribution is -0.117. The highest BCUT2D eigenvalue weighted by atomic mass is 32.2. The van der Waals surface area contributed by atoms with Crippen molar-refractivity contribution in [1.29, 1.82) is 0 Å². The molecular weight excluding hydrogens is 418 g/mol. The number of hydrogen-bond acceptors (Lipinski definition) is 6. The number of nitrogens with zero attached hydrogens (tertiary/aromatic N) is 1. The minimum atomic E-state index is -3.67. The van der Waals surface area contributed by atoms with Gasteiger partial charge in [0.1, 0.15) is 0 Å². The first-order chi connectivity index (χ1) is 15.0. The lowest BCUT2D eigenvalue weighted by Crippen LogP contribution is -2.46. The van der Waals surface area contributed by atoms with Crippen LogP contribution in [0.25, 0.3) is 0 Å². The third-order valence-electron chi connectivity index (χ3n) is 5.36. The lowest BCUT2D eigenvalue weighted by Gasteiger charge is -2.31. The van der Waals surface area contributed by atoms with Crippen molar-refractivity contribution in [2.45, 2.75) is 30.2 Å². The van der Waals surface area contributed by atoms with Crippen LogP contribution in [0.3, 0.4) is 0 Å². The maximum Gasteiger partial charge on any atom is 0.240 e. The number of likely N-dealkylation sites (tertiary alicyclic amines) is 1. The molecule has 0 spiro atoms. The Morgan fingerprint density at radius 1 is 1.00 bits per heavy atom. The van der Waals surface area contributed by atoms with E-state index in [9.17, 15) is 13.2 Å². The Bertz CT molecular complexity index is 1010. The van der Waals surface area contributed by atoms with E-state index in [1.54, 1.807) is 12.1 Å². The van der Waals surface area contributed by atoms with Gasteiger partial charge in [-0.05, 0) is 37.1 Å². The molecular formula is C22H27N3O5S. The van der Waals surface area contributed by atoms with Crippen molar-refractivity contribution in [3.8, 4) is 11.5 Å². The highest BCUT2D eigenvalue weighted by Crippen LogP contribution is 2.32. The van der Waals surface area contributed by atoms with Crippen LogP contribution in [-0.2, 0) is 14.8 Å². The standard InChI is InChI=1S/C22H27N3O5S/c26-22(23-17-5-2-1-3-6-17)16-25-11-9-18(10-12-25)24-31(27,28)19-7-8-20-21(15-19)30-14-4-13-29-20/h1-3,5-8,15,18,24H,4,9-14,16H2,(H,23,26). The topological polar surface area (TPSA) is 97.0 Å². The number of para-hydroxylation sites is 1. The molecule has 0 aromatic heterocycles. The van der Waals surface area contributed by atoms with Crippen LogP contribution in [0.15, 0.2) is 53.4 Å². The fraction of sp³-hybridized carbons (Fsp3) is 0.409. The van der Waals surface area contributed by atoms with E-state index in [0.717, 1.165) is 12.1 Å². The van der Waals surface area contributed by atoms with Crippen LogP contribution in [0.4, 0.5) is 5.69 Å². The summed E-state index contributed by atoms with van der Waals surface area (Å²) in [6, 6.07) is 13.9. The molecule has 0 bridgehead atoms. The van der Waals surface area contributed by atoms with Crippen molar-refractivity contribution in [2.24, 2.45) is 0 Å². The van der Waals surface area contributed by atoms with E-state index in [2.05, 4.69) is 10.0 Å². The predicted molar refractivity (Wildman–Crippen MR) is 117 cm³/mol. The van der Waals surface area contributed by atoms with Crippen molar-refractivity contribution in [1.82, 2.24) is 9.62 Å². The van der Waals surface area contributed by atoms with Gasteiger partial charge in [0.25, 0.3) is 0 Å². The van der Waals surface area contributed by atoms with Crippen LogP contribution in [-0.4, -0.2) is 58.1 Å². The molecule has 0 radical (unpaired) electrons. The number of nitrogens with one attached hydrogen (secondary N) is 2. The van der Waals surface area contributed by atoms with Crippen LogP contribution in [0, 0.1) is 0 Å². The second-order valence-corrected chi connectivity index (χ2v) is 9.46. The molecule has 9 heteroatoms. The SMILES string of the molecule is O=C(CN1CCC(NS(=O)(=O)c2ccc3c(c2)OCCCO3)CC1)Nc1ccccc1. The summed E-state index contributed by atoms with van der Waals surface area (Å²) in [4.78, 5) is 14.4. The average molecular weight is 446 g/mol. The molecule has 2 aromatic carbocycles. The van der Waals surface area contributed by atoms with Crippen molar-refractivity contribution in [3.63, 3.8) is 0 Å². The first-order valence-electron chi connectivity index (χ1n) is 10.5. The molecule has 8 nitrogen and oxygen atoms in total. The zero-order valence-corrected chi connectivity index (χ0v) is 18.1. The largest absolute Gasteiger partial charge is 0.490 e. The minimum Gasteiger partial charge on any atom is -0.490 e.